The summed E-state index contributed by atoms with van der Waals surface area (Å²) < 4.78 is 6.82. The van der Waals surface area contributed by atoms with Crippen molar-refractivity contribution in [3.8, 4) is 0 Å². The van der Waals surface area contributed by atoms with Crippen LogP contribution in [-0.4, -0.2) is 34.4 Å². The van der Waals surface area contributed by atoms with E-state index in [9.17, 15) is 4.79 Å². The summed E-state index contributed by atoms with van der Waals surface area (Å²) in [5.74, 6) is 0.170. The normalized spacial score (nSPS) is 21.2. The van der Waals surface area contributed by atoms with Crippen molar-refractivity contribution in [2.75, 3.05) is 13.7 Å². The molecule has 6 heteroatoms. The molecule has 3 rings (SSSR count). The summed E-state index contributed by atoms with van der Waals surface area (Å²) in [4.78, 5) is 15.2. The lowest BCUT2D eigenvalue weighted by atomic mass is 9.88. The molecule has 2 atom stereocenters. The van der Waals surface area contributed by atoms with Gasteiger partial charge in [0.25, 0.3) is 0 Å². The van der Waals surface area contributed by atoms with E-state index in [1.807, 2.05) is 17.9 Å². The zero-order chi connectivity index (χ0) is 15.1. The second kappa shape index (κ2) is 5.18. The smallest absolute Gasteiger partial charge is 0.410 e. The van der Waals surface area contributed by atoms with E-state index in [0.717, 1.165) is 5.69 Å². The Morgan fingerprint density at radius 2 is 2.24 bits per heavy atom. The van der Waals surface area contributed by atoms with E-state index in [4.69, 9.17) is 4.74 Å². The number of methoxy groups -OCH3 is 1. The number of hydrogen-bond acceptors (Lipinski definition) is 4. The Kier molecular flexibility index (Phi) is 3.49. The van der Waals surface area contributed by atoms with Crippen molar-refractivity contribution in [3.05, 3.63) is 39.3 Å². The summed E-state index contributed by atoms with van der Waals surface area (Å²) >= 11 is 1.76. The Morgan fingerprint density at radius 3 is 2.86 bits per heavy atom. The first-order valence-electron chi connectivity index (χ1n) is 6.95. The number of aromatic nitrogens is 2. The fourth-order valence-electron chi connectivity index (χ4n) is 3.01. The largest absolute Gasteiger partial charge is 0.453 e. The van der Waals surface area contributed by atoms with Gasteiger partial charge >= 0.3 is 6.09 Å². The van der Waals surface area contributed by atoms with Crippen LogP contribution in [0.5, 0.6) is 0 Å². The molecule has 1 amide bonds. The zero-order valence-corrected chi connectivity index (χ0v) is 13.5. The predicted molar refractivity (Wildman–Crippen MR) is 81.6 cm³/mol. The summed E-state index contributed by atoms with van der Waals surface area (Å²) in [5.41, 5.74) is 3.53. The maximum Gasteiger partial charge on any atom is 0.410 e. The Bertz CT molecular complexity index is 676. The highest BCUT2D eigenvalue weighted by Crippen LogP contribution is 2.43. The monoisotopic (exact) mass is 305 g/mol. The van der Waals surface area contributed by atoms with Gasteiger partial charge in [-0.25, -0.2) is 4.79 Å². The molecule has 0 radical (unpaired) electrons. The maximum atomic E-state index is 12.1. The van der Waals surface area contributed by atoms with Crippen molar-refractivity contribution in [3.63, 3.8) is 0 Å². The topological polar surface area (TPSA) is 47.4 Å². The molecule has 0 N–H and O–H groups in total. The molecule has 1 aliphatic heterocycles. The van der Waals surface area contributed by atoms with Crippen LogP contribution < -0.4 is 0 Å². The molecule has 0 saturated carbocycles. The van der Waals surface area contributed by atoms with Crippen LogP contribution in [0.1, 0.15) is 40.6 Å². The number of carbonyl (C=O) groups excluding carboxylic acids is 1. The van der Waals surface area contributed by atoms with Crippen molar-refractivity contribution in [1.29, 1.82) is 0 Å². The molecule has 0 aliphatic carbocycles. The van der Waals surface area contributed by atoms with E-state index in [1.165, 1.54) is 23.1 Å². The van der Waals surface area contributed by atoms with Crippen LogP contribution in [0.2, 0.25) is 0 Å². The Hall–Kier alpha value is -1.82. The van der Waals surface area contributed by atoms with Crippen LogP contribution in [0.3, 0.4) is 0 Å². The van der Waals surface area contributed by atoms with Crippen LogP contribution >= 0.6 is 11.3 Å². The van der Waals surface area contributed by atoms with Gasteiger partial charge in [0.2, 0.25) is 0 Å². The predicted octanol–water partition coefficient (Wildman–Crippen LogP) is 3.06. The van der Waals surface area contributed by atoms with Gasteiger partial charge < -0.3 is 9.64 Å². The van der Waals surface area contributed by atoms with Crippen molar-refractivity contribution < 1.29 is 9.53 Å². The molecule has 5 nitrogen and oxygen atoms in total. The number of nitrogens with zero attached hydrogens (tertiary/aromatic N) is 3. The van der Waals surface area contributed by atoms with E-state index in [2.05, 4.69) is 30.4 Å². The number of carbonyl (C=O) groups is 1. The van der Waals surface area contributed by atoms with E-state index in [-0.39, 0.29) is 18.1 Å². The number of hydrogen-bond donors (Lipinski definition) is 0. The van der Waals surface area contributed by atoms with Crippen LogP contribution in [-0.2, 0) is 11.8 Å². The van der Waals surface area contributed by atoms with Crippen molar-refractivity contribution in [2.24, 2.45) is 7.05 Å². The number of thiophene rings is 1. The van der Waals surface area contributed by atoms with Gasteiger partial charge in [-0.3, -0.25) is 4.68 Å². The molecule has 0 fully saturated rings. The van der Waals surface area contributed by atoms with Crippen molar-refractivity contribution in [1.82, 2.24) is 14.7 Å². The van der Waals surface area contributed by atoms with Gasteiger partial charge in [-0.15, -0.1) is 11.3 Å². The third kappa shape index (κ3) is 2.14. The SMILES string of the molecule is COC(=O)N1C[C@H](c2cnn(C)c2C)c2sccc2C1C. The summed E-state index contributed by atoms with van der Waals surface area (Å²) in [6, 6.07) is 2.16. The van der Waals surface area contributed by atoms with Gasteiger partial charge in [0.15, 0.2) is 0 Å². The summed E-state index contributed by atoms with van der Waals surface area (Å²) in [6.45, 7) is 4.75. The van der Waals surface area contributed by atoms with Gasteiger partial charge in [-0.05, 0) is 30.9 Å². The third-order valence-corrected chi connectivity index (χ3v) is 5.44. The number of fused-ring (bicyclic) bond motifs is 1. The highest BCUT2D eigenvalue weighted by Gasteiger charge is 2.36. The fraction of sp³-hybridized carbons (Fsp3) is 0.467. The average Bonchev–Trinajstić information content (AvgIpc) is 3.08. The number of aryl methyl sites for hydroxylation is 1. The molecular formula is C15H19N3O2S. The summed E-state index contributed by atoms with van der Waals surface area (Å²) in [7, 11) is 3.38. The maximum absolute atomic E-state index is 12.1. The van der Waals surface area contributed by atoms with Gasteiger partial charge in [-0.2, -0.15) is 5.10 Å². The minimum absolute atomic E-state index is 0.0481. The number of rotatable bonds is 1. The Morgan fingerprint density at radius 1 is 1.48 bits per heavy atom. The molecule has 3 heterocycles. The molecule has 21 heavy (non-hydrogen) atoms. The van der Waals surface area contributed by atoms with Gasteiger partial charge in [-0.1, -0.05) is 0 Å². The minimum Gasteiger partial charge on any atom is -0.453 e. The molecule has 0 aromatic carbocycles. The molecule has 0 bridgehead atoms. The summed E-state index contributed by atoms with van der Waals surface area (Å²) in [5, 5.41) is 6.44. The van der Waals surface area contributed by atoms with E-state index < -0.39 is 0 Å². The van der Waals surface area contributed by atoms with E-state index in [0.29, 0.717) is 6.54 Å². The highest BCUT2D eigenvalue weighted by atomic mass is 32.1. The molecule has 2 aromatic heterocycles. The zero-order valence-electron chi connectivity index (χ0n) is 12.7. The molecule has 0 spiro atoms. The number of amides is 1. The van der Waals surface area contributed by atoms with Gasteiger partial charge in [0, 0.05) is 35.6 Å². The van der Waals surface area contributed by atoms with Crippen LogP contribution in [0.15, 0.2) is 17.6 Å². The van der Waals surface area contributed by atoms with Crippen molar-refractivity contribution >= 4 is 17.4 Å². The van der Waals surface area contributed by atoms with Gasteiger partial charge in [0.1, 0.15) is 0 Å². The quantitative estimate of drug-likeness (QED) is 0.813. The van der Waals surface area contributed by atoms with Crippen LogP contribution in [0.4, 0.5) is 4.79 Å². The van der Waals surface area contributed by atoms with Crippen LogP contribution in [0, 0.1) is 6.92 Å². The van der Waals surface area contributed by atoms with E-state index in [1.54, 1.807) is 16.2 Å². The number of ether oxygens (including phenoxy) is 1. The molecule has 1 unspecified atom stereocenters. The molecular weight excluding hydrogens is 286 g/mol. The molecule has 2 aromatic rings. The standard InChI is InChI=1S/C15H19N3O2S/c1-9-12(7-16-17(9)3)13-8-18(15(19)20-4)10(2)11-5-6-21-14(11)13/h5-7,10,13H,8H2,1-4H3/t10?,13-/m1/s1. The minimum atomic E-state index is -0.272. The second-order valence-corrected chi connectivity index (χ2v) is 6.35. The van der Waals surface area contributed by atoms with E-state index >= 15 is 0 Å². The molecule has 1 aliphatic rings. The van der Waals surface area contributed by atoms with Gasteiger partial charge in [0.05, 0.1) is 19.3 Å². The fourth-order valence-corrected chi connectivity index (χ4v) is 4.11. The molecule has 112 valence electrons. The first-order chi connectivity index (χ1) is 10.0. The third-order valence-electron chi connectivity index (χ3n) is 4.40. The molecule has 0 saturated heterocycles. The Labute approximate surface area is 128 Å². The second-order valence-electron chi connectivity index (χ2n) is 5.40. The average molecular weight is 305 g/mol. The first kappa shape index (κ1) is 14.1. The lowest BCUT2D eigenvalue weighted by Gasteiger charge is -2.37. The highest BCUT2D eigenvalue weighted by molar-refractivity contribution is 7.10. The first-order valence-corrected chi connectivity index (χ1v) is 7.83. The van der Waals surface area contributed by atoms with Crippen molar-refractivity contribution in [2.45, 2.75) is 25.8 Å². The summed E-state index contributed by atoms with van der Waals surface area (Å²) in [6.07, 6.45) is 1.64. The lowest BCUT2D eigenvalue weighted by molar-refractivity contribution is 0.102. The lowest BCUT2D eigenvalue weighted by Crippen LogP contribution is -2.40. The Balaban J connectivity index is 2.07. The van der Waals surface area contributed by atoms with Crippen LogP contribution in [0.25, 0.3) is 0 Å².